The molecule has 0 spiro atoms. The predicted molar refractivity (Wildman–Crippen MR) is 81.7 cm³/mol. The van der Waals surface area contributed by atoms with Gasteiger partial charge in [-0.2, -0.15) is 4.31 Å². The first-order valence-corrected chi connectivity index (χ1v) is 9.17. The molecule has 0 aliphatic carbocycles. The van der Waals surface area contributed by atoms with Crippen LogP contribution >= 0.6 is 0 Å². The first-order valence-electron chi connectivity index (χ1n) is 7.32. The fourth-order valence-electron chi connectivity index (χ4n) is 2.37. The largest absolute Gasteiger partial charge is 0.377 e. The van der Waals surface area contributed by atoms with E-state index < -0.39 is 10.0 Å². The van der Waals surface area contributed by atoms with Crippen molar-refractivity contribution in [2.75, 3.05) is 39.1 Å². The van der Waals surface area contributed by atoms with Gasteiger partial charge in [0.25, 0.3) is 0 Å². The lowest BCUT2D eigenvalue weighted by Gasteiger charge is -2.33. The fourth-order valence-corrected chi connectivity index (χ4v) is 3.59. The van der Waals surface area contributed by atoms with Gasteiger partial charge in [0.1, 0.15) is 0 Å². The van der Waals surface area contributed by atoms with Crippen molar-refractivity contribution >= 4 is 16.1 Å². The number of rotatable bonds is 6. The number of ether oxygens (including phenoxy) is 1. The zero-order valence-corrected chi connectivity index (χ0v) is 14.1. The van der Waals surface area contributed by atoms with Gasteiger partial charge >= 0.3 is 6.03 Å². The number of nitrogens with one attached hydrogen (secondary N) is 1. The van der Waals surface area contributed by atoms with E-state index >= 15 is 0 Å². The molecule has 0 saturated carbocycles. The summed E-state index contributed by atoms with van der Waals surface area (Å²) < 4.78 is 29.9. The molecule has 1 unspecified atom stereocenters. The van der Waals surface area contributed by atoms with E-state index in [1.807, 2.05) is 20.8 Å². The summed E-state index contributed by atoms with van der Waals surface area (Å²) in [7, 11) is -3.20. The van der Waals surface area contributed by atoms with Crippen molar-refractivity contribution in [1.29, 1.82) is 0 Å². The first kappa shape index (κ1) is 18.2. The molecule has 1 aliphatic rings. The van der Waals surface area contributed by atoms with Crippen LogP contribution in [0.15, 0.2) is 0 Å². The minimum Gasteiger partial charge on any atom is -0.377 e. The summed E-state index contributed by atoms with van der Waals surface area (Å²) in [4.78, 5) is 13.8. The third-order valence-electron chi connectivity index (χ3n) is 3.46. The highest BCUT2D eigenvalue weighted by Crippen LogP contribution is 2.07. The highest BCUT2D eigenvalue weighted by Gasteiger charge is 2.23. The molecule has 7 nitrogen and oxygen atoms in total. The molecule has 1 aliphatic heterocycles. The van der Waals surface area contributed by atoms with Crippen LogP contribution in [0.1, 0.15) is 27.2 Å². The van der Waals surface area contributed by atoms with Crippen molar-refractivity contribution in [3.8, 4) is 0 Å². The molecule has 0 bridgehead atoms. The molecule has 8 heteroatoms. The number of hydrogen-bond acceptors (Lipinski definition) is 4. The third kappa shape index (κ3) is 5.80. The maximum atomic E-state index is 12.0. The Morgan fingerprint density at radius 1 is 1.48 bits per heavy atom. The van der Waals surface area contributed by atoms with Gasteiger partial charge in [-0.1, -0.05) is 0 Å². The van der Waals surface area contributed by atoms with Gasteiger partial charge in [-0.05, 0) is 27.2 Å². The molecule has 21 heavy (non-hydrogen) atoms. The Bertz CT molecular complexity index is 439. The molecule has 1 atom stereocenters. The number of carbonyl (C=O) groups is 1. The molecule has 2 amide bonds. The molecular formula is C13H27N3O4S. The summed E-state index contributed by atoms with van der Waals surface area (Å²) in [5, 5.41) is 2.84. The molecule has 1 heterocycles. The first-order chi connectivity index (χ1) is 9.73. The van der Waals surface area contributed by atoms with E-state index in [4.69, 9.17) is 4.74 Å². The van der Waals surface area contributed by atoms with Crippen molar-refractivity contribution in [3.05, 3.63) is 0 Å². The summed E-state index contributed by atoms with van der Waals surface area (Å²) in [6.07, 6.45) is 1.80. The van der Waals surface area contributed by atoms with Crippen LogP contribution in [0, 0.1) is 0 Å². The normalized spacial score (nSPS) is 20.1. The number of sulfonamides is 1. The van der Waals surface area contributed by atoms with Crippen LogP contribution in [0.3, 0.4) is 0 Å². The maximum absolute atomic E-state index is 12.0. The van der Waals surface area contributed by atoms with Gasteiger partial charge < -0.3 is 15.0 Å². The number of urea groups is 1. The molecule has 0 aromatic rings. The summed E-state index contributed by atoms with van der Waals surface area (Å²) in [5.41, 5.74) is 0. The Morgan fingerprint density at radius 3 is 2.67 bits per heavy atom. The Hall–Kier alpha value is -0.860. The lowest BCUT2D eigenvalue weighted by atomic mass is 10.3. The molecule has 124 valence electrons. The average molecular weight is 321 g/mol. The standard InChI is InChI=1S/C13H27N3O4S/c1-11(2)16(21(4,18)19)7-5-6-14-13(17)15-8-9-20-10-12(15)3/h11-12H,5-10H2,1-4H3,(H,14,17). The van der Waals surface area contributed by atoms with E-state index in [0.717, 1.165) is 0 Å². The monoisotopic (exact) mass is 321 g/mol. The highest BCUT2D eigenvalue weighted by molar-refractivity contribution is 7.88. The van der Waals surface area contributed by atoms with E-state index in [0.29, 0.717) is 39.3 Å². The number of amides is 2. The molecule has 1 fully saturated rings. The summed E-state index contributed by atoms with van der Waals surface area (Å²) >= 11 is 0. The second kappa shape index (κ2) is 7.95. The topological polar surface area (TPSA) is 79.0 Å². The second-order valence-corrected chi connectivity index (χ2v) is 7.61. The van der Waals surface area contributed by atoms with E-state index in [1.165, 1.54) is 10.6 Å². The van der Waals surface area contributed by atoms with Crippen LogP contribution in [0.25, 0.3) is 0 Å². The van der Waals surface area contributed by atoms with E-state index in [1.54, 1.807) is 4.90 Å². The minimum absolute atomic E-state index is 0.0712. The van der Waals surface area contributed by atoms with Gasteiger partial charge in [-0.3, -0.25) is 0 Å². The summed E-state index contributed by atoms with van der Waals surface area (Å²) in [6, 6.07) is -0.113. The molecule has 0 aromatic heterocycles. The quantitative estimate of drug-likeness (QED) is 0.722. The van der Waals surface area contributed by atoms with E-state index in [9.17, 15) is 13.2 Å². The molecule has 1 saturated heterocycles. The smallest absolute Gasteiger partial charge is 0.317 e. The van der Waals surface area contributed by atoms with Crippen molar-refractivity contribution in [2.24, 2.45) is 0 Å². The fraction of sp³-hybridized carbons (Fsp3) is 0.923. The molecule has 1 rings (SSSR count). The van der Waals surface area contributed by atoms with Gasteiger partial charge in [-0.25, -0.2) is 13.2 Å². The Morgan fingerprint density at radius 2 is 2.14 bits per heavy atom. The van der Waals surface area contributed by atoms with Crippen LogP contribution in [-0.2, 0) is 14.8 Å². The number of carbonyl (C=O) groups excluding carboxylic acids is 1. The average Bonchev–Trinajstić information content (AvgIpc) is 2.36. The number of hydrogen-bond donors (Lipinski definition) is 1. The van der Waals surface area contributed by atoms with Crippen LogP contribution < -0.4 is 5.32 Å². The van der Waals surface area contributed by atoms with Crippen molar-refractivity contribution in [1.82, 2.24) is 14.5 Å². The van der Waals surface area contributed by atoms with Gasteiger partial charge in [0, 0.05) is 25.7 Å². The number of nitrogens with zero attached hydrogens (tertiary/aromatic N) is 2. The van der Waals surface area contributed by atoms with Gasteiger partial charge in [0.15, 0.2) is 0 Å². The van der Waals surface area contributed by atoms with Crippen LogP contribution in [0.5, 0.6) is 0 Å². The Labute approximate surface area is 127 Å². The van der Waals surface area contributed by atoms with Crippen molar-refractivity contribution in [2.45, 2.75) is 39.3 Å². The van der Waals surface area contributed by atoms with Gasteiger partial charge in [-0.15, -0.1) is 0 Å². The van der Waals surface area contributed by atoms with E-state index in [2.05, 4.69) is 5.32 Å². The van der Waals surface area contributed by atoms with Crippen LogP contribution in [0.2, 0.25) is 0 Å². The van der Waals surface area contributed by atoms with Crippen LogP contribution in [0.4, 0.5) is 4.79 Å². The lowest BCUT2D eigenvalue weighted by molar-refractivity contribution is 0.0190. The third-order valence-corrected chi connectivity index (χ3v) is 4.92. The summed E-state index contributed by atoms with van der Waals surface area (Å²) in [5.74, 6) is 0. The highest BCUT2D eigenvalue weighted by atomic mass is 32.2. The maximum Gasteiger partial charge on any atom is 0.317 e. The predicted octanol–water partition coefficient (Wildman–Crippen LogP) is 0.477. The van der Waals surface area contributed by atoms with Gasteiger partial charge in [0.2, 0.25) is 10.0 Å². The molecule has 0 aromatic carbocycles. The summed E-state index contributed by atoms with van der Waals surface area (Å²) in [6.45, 7) is 8.22. The van der Waals surface area contributed by atoms with Crippen molar-refractivity contribution in [3.63, 3.8) is 0 Å². The zero-order chi connectivity index (χ0) is 16.0. The zero-order valence-electron chi connectivity index (χ0n) is 13.3. The van der Waals surface area contributed by atoms with Crippen LogP contribution in [-0.4, -0.2) is 74.8 Å². The molecular weight excluding hydrogens is 294 g/mol. The molecule has 1 N–H and O–H groups in total. The SMILES string of the molecule is CC1COCCN1C(=O)NCCCN(C(C)C)S(C)(=O)=O. The molecule has 0 radical (unpaired) electrons. The Balaban J connectivity index is 2.34. The lowest BCUT2D eigenvalue weighted by Crippen LogP contribution is -2.51. The second-order valence-electron chi connectivity index (χ2n) is 5.67. The number of morpholine rings is 1. The minimum atomic E-state index is -3.20. The van der Waals surface area contributed by atoms with Crippen molar-refractivity contribution < 1.29 is 17.9 Å². The van der Waals surface area contributed by atoms with Gasteiger partial charge in [0.05, 0.1) is 25.5 Å². The van der Waals surface area contributed by atoms with E-state index in [-0.39, 0.29) is 18.1 Å². The Kier molecular flexibility index (Phi) is 6.89.